The van der Waals surface area contributed by atoms with E-state index in [0.29, 0.717) is 5.39 Å². The second kappa shape index (κ2) is 12.4. The lowest BCUT2D eigenvalue weighted by Gasteiger charge is -2.28. The minimum atomic E-state index is -4.33. The summed E-state index contributed by atoms with van der Waals surface area (Å²) in [5.74, 6) is -0.350. The molecule has 5 rings (SSSR count). The molecule has 1 saturated heterocycles. The van der Waals surface area contributed by atoms with Crippen LogP contribution in [0.1, 0.15) is 45.8 Å². The molecule has 0 bridgehead atoms. The third-order valence-electron chi connectivity index (χ3n) is 7.53. The van der Waals surface area contributed by atoms with E-state index in [-0.39, 0.29) is 16.6 Å². The molecule has 1 saturated carbocycles. The summed E-state index contributed by atoms with van der Waals surface area (Å²) in [5, 5.41) is 26.2. The van der Waals surface area contributed by atoms with Crippen LogP contribution in [-0.4, -0.2) is 62.3 Å². The van der Waals surface area contributed by atoms with E-state index in [9.17, 15) is 24.4 Å². The van der Waals surface area contributed by atoms with Gasteiger partial charge in [0.2, 0.25) is 0 Å². The van der Waals surface area contributed by atoms with Gasteiger partial charge < -0.3 is 24.2 Å². The Morgan fingerprint density at radius 2 is 1.95 bits per heavy atom. The molecule has 0 spiro atoms. The van der Waals surface area contributed by atoms with Crippen molar-refractivity contribution in [3.8, 4) is 5.75 Å². The summed E-state index contributed by atoms with van der Waals surface area (Å²) in [6.07, 6.45) is 0.753. The number of H-pyrrole nitrogens is 1. The lowest BCUT2D eigenvalue weighted by molar-refractivity contribution is -0.150. The number of nitrogens with one attached hydrogen (secondary N) is 2. The molecule has 2 unspecified atom stereocenters. The van der Waals surface area contributed by atoms with Crippen molar-refractivity contribution in [2.24, 2.45) is 0 Å². The first kappa shape index (κ1) is 30.6. The van der Waals surface area contributed by atoms with Crippen molar-refractivity contribution in [1.82, 2.24) is 14.6 Å². The Morgan fingerprint density at radius 3 is 2.69 bits per heavy atom. The van der Waals surface area contributed by atoms with Crippen molar-refractivity contribution in [1.29, 1.82) is 0 Å². The molecule has 0 amide bonds. The van der Waals surface area contributed by atoms with Crippen LogP contribution in [-0.2, 0) is 23.4 Å². The van der Waals surface area contributed by atoms with Crippen LogP contribution in [0.25, 0.3) is 10.8 Å². The molecule has 3 aromatic rings. The molecule has 2 aliphatic rings. The number of aliphatic hydroxyl groups excluding tert-OH is 1. The Balaban J connectivity index is 1.38. The van der Waals surface area contributed by atoms with Crippen LogP contribution in [0.4, 0.5) is 0 Å². The van der Waals surface area contributed by atoms with E-state index >= 15 is 0 Å². The Hall–Kier alpha value is -2.90. The fourth-order valence-corrected chi connectivity index (χ4v) is 7.00. The SMILES string of the molecule is C[C@H](NP(=O)(OC[C@H]1O[C@@H](n2ccc(=O)[nH]c2=S)C(C)(O)[C@H]1O)Oc1cccc2ccccc12)C(=O)OC1CCCC1. The first-order chi connectivity index (χ1) is 20.0. The van der Waals surface area contributed by atoms with Gasteiger partial charge in [-0.2, -0.15) is 5.09 Å². The fraction of sp³-hybridized carbons (Fsp3) is 0.464. The van der Waals surface area contributed by atoms with Gasteiger partial charge in [0.1, 0.15) is 35.7 Å². The molecule has 6 atom stereocenters. The summed E-state index contributed by atoms with van der Waals surface area (Å²) in [6, 6.07) is 12.7. The number of carbonyl (C=O) groups excluding carboxylic acids is 1. The number of nitrogens with zero attached hydrogens (tertiary/aromatic N) is 1. The maximum Gasteiger partial charge on any atom is 0.459 e. The number of aromatic amines is 1. The Bertz CT molecular complexity index is 1600. The molecule has 2 heterocycles. The van der Waals surface area contributed by atoms with Crippen LogP contribution >= 0.6 is 20.0 Å². The highest BCUT2D eigenvalue weighted by Crippen LogP contribution is 2.48. The number of hydrogen-bond donors (Lipinski definition) is 4. The molecule has 42 heavy (non-hydrogen) atoms. The van der Waals surface area contributed by atoms with Gasteiger partial charge in [-0.1, -0.05) is 36.4 Å². The van der Waals surface area contributed by atoms with Crippen molar-refractivity contribution in [3.63, 3.8) is 0 Å². The summed E-state index contributed by atoms with van der Waals surface area (Å²) in [7, 11) is -4.33. The molecule has 14 heteroatoms. The third-order valence-corrected chi connectivity index (χ3v) is 9.47. The Kier molecular flexibility index (Phi) is 9.00. The number of hydrogen-bond acceptors (Lipinski definition) is 10. The normalized spacial score (nSPS) is 26.6. The van der Waals surface area contributed by atoms with Crippen molar-refractivity contribution in [3.05, 3.63) is 69.9 Å². The first-order valence-electron chi connectivity index (χ1n) is 13.7. The molecule has 1 aliphatic carbocycles. The highest BCUT2D eigenvalue weighted by atomic mass is 32.1. The maximum absolute atomic E-state index is 14.2. The minimum absolute atomic E-state index is 0.0252. The lowest BCUT2D eigenvalue weighted by atomic mass is 9.96. The van der Waals surface area contributed by atoms with Crippen LogP contribution in [0.15, 0.2) is 59.5 Å². The van der Waals surface area contributed by atoms with E-state index in [1.54, 1.807) is 18.2 Å². The molecule has 1 aromatic heterocycles. The van der Waals surface area contributed by atoms with Gasteiger partial charge in [0.05, 0.1) is 6.61 Å². The average molecular weight is 620 g/mol. The topological polar surface area (TPSA) is 161 Å². The molecular weight excluding hydrogens is 585 g/mol. The summed E-state index contributed by atoms with van der Waals surface area (Å²) < 4.78 is 38.7. The fourth-order valence-electron chi connectivity index (χ4n) is 5.22. The zero-order valence-electron chi connectivity index (χ0n) is 23.2. The van der Waals surface area contributed by atoms with Crippen molar-refractivity contribution in [2.75, 3.05) is 6.61 Å². The van der Waals surface area contributed by atoms with Crippen molar-refractivity contribution >= 4 is 36.7 Å². The Morgan fingerprint density at radius 1 is 1.24 bits per heavy atom. The molecule has 226 valence electrons. The van der Waals surface area contributed by atoms with Gasteiger partial charge >= 0.3 is 13.7 Å². The summed E-state index contributed by atoms with van der Waals surface area (Å²) in [6.45, 7) is 2.35. The average Bonchev–Trinajstić information content (AvgIpc) is 3.54. The quantitative estimate of drug-likeness (QED) is 0.149. The Labute approximate surface area is 247 Å². The third kappa shape index (κ3) is 6.52. The maximum atomic E-state index is 14.2. The molecular formula is C28H34N3O9PS. The van der Waals surface area contributed by atoms with E-state index in [1.165, 1.54) is 30.7 Å². The number of rotatable bonds is 10. The van der Waals surface area contributed by atoms with E-state index in [1.807, 2.05) is 24.3 Å². The van der Waals surface area contributed by atoms with Crippen LogP contribution in [0.5, 0.6) is 5.75 Å². The van der Waals surface area contributed by atoms with Crippen molar-refractivity contribution < 1.29 is 38.1 Å². The standard InChI is InChI=1S/C28H34N3O9PS/c1-17(25(34)38-19-10-4-5-11-19)30-41(36,40-21-13-7-9-18-8-3-6-12-20(18)21)37-16-22-24(33)28(2,35)26(39-22)31-15-14-23(32)29-27(31)42/h3,6-9,12-15,17,19,22,24,26,33,35H,4-5,10-11,16H2,1-2H3,(H,30,36)(H,29,32,42)/t17-,22+,24-,26+,28?,41?/m0/s1. The molecule has 2 fully saturated rings. The number of aliphatic hydroxyl groups is 2. The molecule has 1 aliphatic heterocycles. The van der Waals surface area contributed by atoms with E-state index in [0.717, 1.165) is 31.1 Å². The highest BCUT2D eigenvalue weighted by Gasteiger charge is 2.54. The first-order valence-corrected chi connectivity index (χ1v) is 15.7. The van der Waals surface area contributed by atoms with Crippen LogP contribution in [0.2, 0.25) is 0 Å². The molecule has 12 nitrogen and oxygen atoms in total. The number of carbonyl (C=O) groups is 1. The van der Waals surface area contributed by atoms with Crippen LogP contribution in [0, 0.1) is 4.77 Å². The molecule has 4 N–H and O–H groups in total. The van der Waals surface area contributed by atoms with E-state index < -0.39 is 56.0 Å². The number of benzene rings is 2. The zero-order valence-corrected chi connectivity index (χ0v) is 24.9. The second-order valence-electron chi connectivity index (χ2n) is 10.8. The van der Waals surface area contributed by atoms with E-state index in [4.69, 9.17) is 30.7 Å². The van der Waals surface area contributed by atoms with Gasteiger partial charge in [0, 0.05) is 17.6 Å². The van der Waals surface area contributed by atoms with Gasteiger partial charge in [0.25, 0.3) is 5.56 Å². The van der Waals surface area contributed by atoms with Crippen LogP contribution in [0.3, 0.4) is 0 Å². The minimum Gasteiger partial charge on any atom is -0.461 e. The van der Waals surface area contributed by atoms with Gasteiger partial charge in [-0.3, -0.25) is 23.7 Å². The molecule has 2 aromatic carbocycles. The van der Waals surface area contributed by atoms with Crippen molar-refractivity contribution in [2.45, 2.75) is 75.7 Å². The largest absolute Gasteiger partial charge is 0.461 e. The highest BCUT2D eigenvalue weighted by molar-refractivity contribution is 7.71. The van der Waals surface area contributed by atoms with Gasteiger partial charge in [-0.25, -0.2) is 4.57 Å². The number of ether oxygens (including phenoxy) is 2. The van der Waals surface area contributed by atoms with Gasteiger partial charge in [0.15, 0.2) is 11.0 Å². The van der Waals surface area contributed by atoms with Gasteiger partial charge in [-0.15, -0.1) is 0 Å². The monoisotopic (exact) mass is 619 g/mol. The summed E-state index contributed by atoms with van der Waals surface area (Å²) >= 11 is 5.20. The zero-order chi connectivity index (χ0) is 30.1. The smallest absolute Gasteiger partial charge is 0.459 e. The molecule has 0 radical (unpaired) electrons. The predicted octanol–water partition coefficient (Wildman–Crippen LogP) is 3.74. The summed E-state index contributed by atoms with van der Waals surface area (Å²) in [4.78, 5) is 26.9. The summed E-state index contributed by atoms with van der Waals surface area (Å²) in [5.41, 5.74) is -2.30. The number of fused-ring (bicyclic) bond motifs is 1. The van der Waals surface area contributed by atoms with E-state index in [2.05, 4.69) is 10.1 Å². The van der Waals surface area contributed by atoms with Gasteiger partial charge in [-0.05, 0) is 63.2 Å². The number of esters is 1. The second-order valence-corrected chi connectivity index (χ2v) is 12.9. The number of aromatic nitrogens is 2. The lowest BCUT2D eigenvalue weighted by Crippen LogP contribution is -2.45. The predicted molar refractivity (Wildman–Crippen MR) is 156 cm³/mol. The van der Waals surface area contributed by atoms with Crippen LogP contribution < -0.4 is 15.2 Å².